The second kappa shape index (κ2) is 8.42. The van der Waals surface area contributed by atoms with Crippen LogP contribution in [-0.2, 0) is 14.3 Å². The number of carbonyl (C=O) groups is 2. The van der Waals surface area contributed by atoms with E-state index in [4.69, 9.17) is 14.2 Å². The van der Waals surface area contributed by atoms with Gasteiger partial charge in [0.1, 0.15) is 18.4 Å². The van der Waals surface area contributed by atoms with E-state index in [-0.39, 0.29) is 12.0 Å². The monoisotopic (exact) mass is 438 g/mol. The summed E-state index contributed by atoms with van der Waals surface area (Å²) in [6.45, 7) is 3.31. The van der Waals surface area contributed by atoms with Crippen LogP contribution in [0, 0.1) is 0 Å². The van der Waals surface area contributed by atoms with Gasteiger partial charge >= 0.3 is 6.09 Å². The Morgan fingerprint density at radius 3 is 2.88 bits per heavy atom. The van der Waals surface area contributed by atoms with Crippen LogP contribution >= 0.6 is 0 Å². The minimum absolute atomic E-state index is 0.151. The number of imidazole rings is 1. The Hall–Kier alpha value is -3.73. The van der Waals surface area contributed by atoms with Crippen molar-refractivity contribution in [3.8, 4) is 17.1 Å². The molecule has 1 N–H and O–H groups in total. The van der Waals surface area contributed by atoms with Gasteiger partial charge in [-0.15, -0.1) is 0 Å². The lowest BCUT2D eigenvalue weighted by atomic mass is 10.1. The van der Waals surface area contributed by atoms with Crippen LogP contribution in [0.25, 0.3) is 16.9 Å². The third-order valence-electron chi connectivity index (χ3n) is 5.25. The molecule has 3 aromatic heterocycles. The summed E-state index contributed by atoms with van der Waals surface area (Å²) in [4.78, 5) is 34.4. The molecule has 5 heterocycles. The van der Waals surface area contributed by atoms with Crippen LogP contribution in [0.3, 0.4) is 0 Å². The van der Waals surface area contributed by atoms with Gasteiger partial charge in [0, 0.05) is 31.5 Å². The Bertz CT molecular complexity index is 1170. The highest BCUT2D eigenvalue weighted by Crippen LogP contribution is 2.34. The summed E-state index contributed by atoms with van der Waals surface area (Å²) in [5.41, 5.74) is 2.46. The summed E-state index contributed by atoms with van der Waals surface area (Å²) in [6.07, 6.45) is 4.09. The number of nitrogens with one attached hydrogen (secondary N) is 1. The summed E-state index contributed by atoms with van der Waals surface area (Å²) >= 11 is 0. The molecule has 1 saturated heterocycles. The first-order chi connectivity index (χ1) is 15.6. The first-order valence-electron chi connectivity index (χ1n) is 10.4. The number of fused-ring (bicyclic) bond motifs is 2. The molecule has 0 aromatic carbocycles. The number of hydrogen-bond acceptors (Lipinski definition) is 8. The highest BCUT2D eigenvalue weighted by atomic mass is 16.6. The SMILES string of the molecule is CC(=O)Nc1cn2nc(-c3cnc4c(c3)N(C(=O)OC3CCOCC3)CCO4)ccc2n1. The Balaban J connectivity index is 1.42. The highest BCUT2D eigenvalue weighted by molar-refractivity contribution is 5.91. The Labute approximate surface area is 183 Å². The van der Waals surface area contributed by atoms with Crippen LogP contribution in [0.2, 0.25) is 0 Å². The Morgan fingerprint density at radius 1 is 1.22 bits per heavy atom. The van der Waals surface area contributed by atoms with E-state index in [0.29, 0.717) is 73.5 Å². The van der Waals surface area contributed by atoms with Crippen LogP contribution in [0.15, 0.2) is 30.6 Å². The molecule has 32 heavy (non-hydrogen) atoms. The van der Waals surface area contributed by atoms with Crippen molar-refractivity contribution in [2.75, 3.05) is 36.6 Å². The van der Waals surface area contributed by atoms with Crippen molar-refractivity contribution in [2.45, 2.75) is 25.9 Å². The van der Waals surface area contributed by atoms with Crippen molar-refractivity contribution in [1.29, 1.82) is 0 Å². The van der Waals surface area contributed by atoms with Crippen molar-refractivity contribution < 1.29 is 23.8 Å². The Morgan fingerprint density at radius 2 is 2.06 bits per heavy atom. The average Bonchev–Trinajstić information content (AvgIpc) is 3.19. The number of ether oxygens (including phenoxy) is 3. The summed E-state index contributed by atoms with van der Waals surface area (Å²) in [7, 11) is 0. The van der Waals surface area contributed by atoms with Crippen molar-refractivity contribution in [3.63, 3.8) is 0 Å². The maximum atomic E-state index is 12.9. The summed E-state index contributed by atoms with van der Waals surface area (Å²) in [5, 5.41) is 7.20. The van der Waals surface area contributed by atoms with Crippen molar-refractivity contribution in [2.24, 2.45) is 0 Å². The molecule has 5 rings (SSSR count). The molecule has 2 aliphatic heterocycles. The standard InChI is InChI=1S/C21H22N6O5/c1-13(28)23-18-12-27-19(24-18)3-2-16(25-27)14-10-17-20(22-11-14)31-9-6-26(17)21(29)32-15-4-7-30-8-5-15/h2-3,10-12,15H,4-9H2,1H3,(H,23,28). The fraction of sp³-hybridized carbons (Fsp3) is 0.381. The normalized spacial score (nSPS) is 16.3. The highest BCUT2D eigenvalue weighted by Gasteiger charge is 2.29. The molecule has 2 amide bonds. The van der Waals surface area contributed by atoms with Crippen LogP contribution in [0.1, 0.15) is 19.8 Å². The molecule has 0 spiro atoms. The van der Waals surface area contributed by atoms with E-state index in [1.165, 1.54) is 6.92 Å². The van der Waals surface area contributed by atoms with Crippen molar-refractivity contribution in [3.05, 3.63) is 30.6 Å². The molecule has 166 valence electrons. The maximum absolute atomic E-state index is 12.9. The van der Waals surface area contributed by atoms with Crippen LogP contribution in [0.4, 0.5) is 16.3 Å². The van der Waals surface area contributed by atoms with Gasteiger partial charge in [-0.2, -0.15) is 5.10 Å². The lowest BCUT2D eigenvalue weighted by molar-refractivity contribution is -0.114. The lowest BCUT2D eigenvalue weighted by Gasteiger charge is -2.30. The number of aromatic nitrogens is 4. The lowest BCUT2D eigenvalue weighted by Crippen LogP contribution is -2.41. The molecule has 0 atom stereocenters. The van der Waals surface area contributed by atoms with E-state index in [2.05, 4.69) is 20.4 Å². The number of anilines is 2. The van der Waals surface area contributed by atoms with E-state index < -0.39 is 6.09 Å². The Kier molecular flexibility index (Phi) is 5.31. The van der Waals surface area contributed by atoms with E-state index >= 15 is 0 Å². The number of pyridine rings is 1. The second-order valence-electron chi connectivity index (χ2n) is 7.57. The molecule has 2 aliphatic rings. The number of amides is 2. The molecule has 11 heteroatoms. The van der Waals surface area contributed by atoms with Gasteiger partial charge in [0.05, 0.1) is 31.6 Å². The van der Waals surface area contributed by atoms with Crippen LogP contribution in [-0.4, -0.2) is 64.1 Å². The molecule has 0 saturated carbocycles. The molecule has 0 bridgehead atoms. The average molecular weight is 438 g/mol. The van der Waals surface area contributed by atoms with Crippen molar-refractivity contribution in [1.82, 2.24) is 19.6 Å². The molecule has 0 aliphatic carbocycles. The third-order valence-corrected chi connectivity index (χ3v) is 5.25. The fourth-order valence-electron chi connectivity index (χ4n) is 3.71. The quantitative estimate of drug-likeness (QED) is 0.661. The van der Waals surface area contributed by atoms with Crippen molar-refractivity contribution >= 4 is 29.2 Å². The van der Waals surface area contributed by atoms with Gasteiger partial charge in [-0.3, -0.25) is 9.69 Å². The van der Waals surface area contributed by atoms with Crippen LogP contribution < -0.4 is 15.0 Å². The second-order valence-corrected chi connectivity index (χ2v) is 7.57. The predicted molar refractivity (Wildman–Crippen MR) is 114 cm³/mol. The minimum atomic E-state index is -0.418. The minimum Gasteiger partial charge on any atom is -0.474 e. The van der Waals surface area contributed by atoms with Gasteiger partial charge in [-0.05, 0) is 18.2 Å². The fourth-order valence-corrected chi connectivity index (χ4v) is 3.71. The maximum Gasteiger partial charge on any atom is 0.414 e. The zero-order chi connectivity index (χ0) is 22.1. The van der Waals surface area contributed by atoms with E-state index in [0.717, 1.165) is 0 Å². The van der Waals surface area contributed by atoms with E-state index in [9.17, 15) is 9.59 Å². The molecule has 0 radical (unpaired) electrons. The summed E-state index contributed by atoms with van der Waals surface area (Å²) in [5.74, 6) is 0.585. The predicted octanol–water partition coefficient (Wildman–Crippen LogP) is 2.26. The van der Waals surface area contributed by atoms with Gasteiger partial charge in [0.2, 0.25) is 11.8 Å². The van der Waals surface area contributed by atoms with E-state index in [1.54, 1.807) is 33.9 Å². The summed E-state index contributed by atoms with van der Waals surface area (Å²) < 4.78 is 18.2. The first kappa shape index (κ1) is 20.2. The zero-order valence-electron chi connectivity index (χ0n) is 17.5. The number of hydrogen-bond donors (Lipinski definition) is 1. The largest absolute Gasteiger partial charge is 0.474 e. The molecule has 1 fully saturated rings. The number of rotatable bonds is 3. The van der Waals surface area contributed by atoms with Gasteiger partial charge in [-0.1, -0.05) is 0 Å². The van der Waals surface area contributed by atoms with Gasteiger partial charge in [0.15, 0.2) is 11.5 Å². The van der Waals surface area contributed by atoms with Gasteiger partial charge in [-0.25, -0.2) is 19.3 Å². The topological polar surface area (TPSA) is 120 Å². The molecular weight excluding hydrogens is 416 g/mol. The molecule has 3 aromatic rings. The molecule has 0 unspecified atom stereocenters. The first-order valence-corrected chi connectivity index (χ1v) is 10.4. The zero-order valence-corrected chi connectivity index (χ0v) is 17.5. The number of carbonyl (C=O) groups excluding carboxylic acids is 2. The van der Waals surface area contributed by atoms with Crippen LogP contribution in [0.5, 0.6) is 5.88 Å². The third kappa shape index (κ3) is 4.06. The van der Waals surface area contributed by atoms with Gasteiger partial charge in [0.25, 0.3) is 0 Å². The number of nitrogens with zero attached hydrogens (tertiary/aromatic N) is 5. The summed E-state index contributed by atoms with van der Waals surface area (Å²) in [6, 6.07) is 5.41. The smallest absolute Gasteiger partial charge is 0.414 e. The molecular formula is C21H22N6O5. The molecule has 11 nitrogen and oxygen atoms in total. The van der Waals surface area contributed by atoms with E-state index in [1.807, 2.05) is 6.07 Å². The van der Waals surface area contributed by atoms with Gasteiger partial charge < -0.3 is 19.5 Å².